The van der Waals surface area contributed by atoms with Gasteiger partial charge in [-0.15, -0.1) is 0 Å². The number of pyridine rings is 1. The molecule has 1 aromatic heterocycles. The van der Waals surface area contributed by atoms with Crippen LogP contribution in [0.2, 0.25) is 10.0 Å². The first-order chi connectivity index (χ1) is 10.9. The highest BCUT2D eigenvalue weighted by molar-refractivity contribution is 6.35. The second-order valence-electron chi connectivity index (χ2n) is 4.53. The predicted octanol–water partition coefficient (Wildman–Crippen LogP) is 4.59. The summed E-state index contributed by atoms with van der Waals surface area (Å²) in [4.78, 5) is 14.4. The predicted molar refractivity (Wildman–Crippen MR) is 87.6 cm³/mol. The van der Waals surface area contributed by atoms with E-state index in [1.54, 1.807) is 37.3 Å². The number of carbonyl (C=O) groups is 1. The van der Waals surface area contributed by atoms with E-state index >= 15 is 0 Å². The summed E-state index contributed by atoms with van der Waals surface area (Å²) in [6, 6.07) is 8.32. The summed E-state index contributed by atoms with van der Waals surface area (Å²) < 4.78 is 11.1. The summed E-state index contributed by atoms with van der Waals surface area (Å²) in [5, 5.41) is 9.30. The number of carboxylic acids is 1. The molecule has 1 N–H and O–H groups in total. The van der Waals surface area contributed by atoms with Crippen LogP contribution < -0.4 is 9.47 Å². The van der Waals surface area contributed by atoms with Crippen LogP contribution in [0.3, 0.4) is 0 Å². The quantitative estimate of drug-likeness (QED) is 0.769. The summed E-state index contributed by atoms with van der Waals surface area (Å²) in [6.07, 6.45) is 3.56. The monoisotopic (exact) mass is 353 g/mol. The van der Waals surface area contributed by atoms with Crippen LogP contribution in [0.15, 0.2) is 48.7 Å². The second kappa shape index (κ2) is 7.85. The Morgan fingerprint density at radius 2 is 1.91 bits per heavy atom. The zero-order valence-electron chi connectivity index (χ0n) is 12.1. The molecule has 5 nitrogen and oxygen atoms in total. The van der Waals surface area contributed by atoms with Crippen LogP contribution in [0.4, 0.5) is 0 Å². The molecule has 23 heavy (non-hydrogen) atoms. The van der Waals surface area contributed by atoms with E-state index in [9.17, 15) is 4.79 Å². The summed E-state index contributed by atoms with van der Waals surface area (Å²) in [5.74, 6) is 0.344. The number of halogens is 2. The van der Waals surface area contributed by atoms with Gasteiger partial charge in [0.25, 0.3) is 0 Å². The number of aliphatic carboxylic acids is 1. The van der Waals surface area contributed by atoms with Crippen LogP contribution in [0.5, 0.6) is 17.4 Å². The molecular weight excluding hydrogens is 341 g/mol. The van der Waals surface area contributed by atoms with Crippen LogP contribution in [0.25, 0.3) is 0 Å². The number of benzene rings is 1. The Hall–Kier alpha value is -2.24. The number of ether oxygens (including phenoxy) is 2. The lowest BCUT2D eigenvalue weighted by Crippen LogP contribution is -2.08. The Morgan fingerprint density at radius 3 is 2.52 bits per heavy atom. The van der Waals surface area contributed by atoms with E-state index in [1.807, 2.05) is 0 Å². The number of hydrogen-bond donors (Lipinski definition) is 1. The number of aromatic nitrogens is 1. The zero-order valence-corrected chi connectivity index (χ0v) is 13.6. The average Bonchev–Trinajstić information content (AvgIpc) is 2.50. The molecule has 2 rings (SSSR count). The Morgan fingerprint density at radius 1 is 1.26 bits per heavy atom. The molecule has 0 radical (unpaired) electrons. The molecule has 1 aromatic carbocycles. The maximum absolute atomic E-state index is 10.4. The van der Waals surface area contributed by atoms with Crippen molar-refractivity contribution in [2.45, 2.75) is 13.0 Å². The van der Waals surface area contributed by atoms with Crippen molar-refractivity contribution in [1.29, 1.82) is 0 Å². The van der Waals surface area contributed by atoms with E-state index in [4.69, 9.17) is 37.8 Å². The van der Waals surface area contributed by atoms with Gasteiger partial charge in [0, 0.05) is 12.3 Å². The summed E-state index contributed by atoms with van der Waals surface area (Å²) in [6.45, 7) is 1.74. The molecule has 0 saturated carbocycles. The molecule has 0 aliphatic carbocycles. The maximum atomic E-state index is 10.4. The fraction of sp³-hybridized carbons (Fsp3) is 0.125. The van der Waals surface area contributed by atoms with Crippen molar-refractivity contribution in [3.63, 3.8) is 0 Å². The van der Waals surface area contributed by atoms with Crippen molar-refractivity contribution >= 4 is 29.2 Å². The van der Waals surface area contributed by atoms with E-state index in [0.717, 1.165) is 6.08 Å². The summed E-state index contributed by atoms with van der Waals surface area (Å²) >= 11 is 11.8. The van der Waals surface area contributed by atoms with Crippen molar-refractivity contribution in [2.24, 2.45) is 0 Å². The third-order valence-electron chi connectivity index (χ3n) is 2.64. The van der Waals surface area contributed by atoms with Crippen molar-refractivity contribution in [3.8, 4) is 17.4 Å². The minimum absolute atomic E-state index is 0.252. The lowest BCUT2D eigenvalue weighted by Gasteiger charge is -2.11. The third kappa shape index (κ3) is 5.47. The van der Waals surface area contributed by atoms with E-state index in [1.165, 1.54) is 12.3 Å². The first-order valence-corrected chi connectivity index (χ1v) is 7.36. The third-order valence-corrected chi connectivity index (χ3v) is 3.12. The van der Waals surface area contributed by atoms with Crippen LogP contribution in [-0.4, -0.2) is 22.2 Å². The molecule has 120 valence electrons. The maximum Gasteiger partial charge on any atom is 0.328 e. The normalized spacial score (nSPS) is 12.1. The van der Waals surface area contributed by atoms with E-state index in [2.05, 4.69) is 4.98 Å². The second-order valence-corrected chi connectivity index (χ2v) is 5.38. The molecule has 2 aromatic rings. The average molecular weight is 354 g/mol. The Kier molecular flexibility index (Phi) is 5.84. The number of nitrogens with zero attached hydrogens (tertiary/aromatic N) is 1. The van der Waals surface area contributed by atoms with E-state index in [0.29, 0.717) is 21.5 Å². The van der Waals surface area contributed by atoms with Crippen LogP contribution in [-0.2, 0) is 4.79 Å². The van der Waals surface area contributed by atoms with E-state index < -0.39 is 5.97 Å². The van der Waals surface area contributed by atoms with Gasteiger partial charge >= 0.3 is 5.97 Å². The van der Waals surface area contributed by atoms with Gasteiger partial charge in [0.2, 0.25) is 5.88 Å². The first-order valence-electron chi connectivity index (χ1n) is 6.61. The molecule has 0 spiro atoms. The van der Waals surface area contributed by atoms with Gasteiger partial charge in [-0.2, -0.15) is 0 Å². The van der Waals surface area contributed by atoms with Gasteiger partial charge < -0.3 is 14.6 Å². The molecule has 0 amide bonds. The van der Waals surface area contributed by atoms with Crippen molar-refractivity contribution in [3.05, 3.63) is 58.7 Å². The zero-order chi connectivity index (χ0) is 16.8. The Balaban J connectivity index is 2.00. The summed E-state index contributed by atoms with van der Waals surface area (Å²) in [7, 11) is 0. The van der Waals surface area contributed by atoms with Gasteiger partial charge in [0.15, 0.2) is 0 Å². The molecular formula is C16H13Cl2NO4. The number of hydrogen-bond acceptors (Lipinski definition) is 4. The smallest absolute Gasteiger partial charge is 0.328 e. The molecule has 0 aliphatic rings. The molecule has 1 atom stereocenters. The van der Waals surface area contributed by atoms with Gasteiger partial charge in [0.05, 0.1) is 5.02 Å². The van der Waals surface area contributed by atoms with E-state index in [-0.39, 0.29) is 12.0 Å². The first kappa shape index (κ1) is 17.1. The minimum Gasteiger partial charge on any atom is -0.487 e. The van der Waals surface area contributed by atoms with Gasteiger partial charge in [0.1, 0.15) is 22.6 Å². The molecule has 7 heteroatoms. The largest absolute Gasteiger partial charge is 0.487 e. The Labute approximate surface area is 143 Å². The van der Waals surface area contributed by atoms with Crippen LogP contribution in [0.1, 0.15) is 6.92 Å². The SMILES string of the molecule is CC(/C=C/C(=O)O)Oc1ccc(Oc2ncc(Cl)cc2Cl)cc1. The van der Waals surface area contributed by atoms with Crippen molar-refractivity contribution in [2.75, 3.05) is 0 Å². The van der Waals surface area contributed by atoms with Gasteiger partial charge in [-0.3, -0.25) is 0 Å². The topological polar surface area (TPSA) is 68.7 Å². The highest BCUT2D eigenvalue weighted by Gasteiger charge is 2.07. The number of carboxylic acid groups (broad SMARTS) is 1. The van der Waals surface area contributed by atoms with Crippen LogP contribution in [0, 0.1) is 0 Å². The fourth-order valence-electron chi connectivity index (χ4n) is 1.65. The van der Waals surface area contributed by atoms with Gasteiger partial charge in [-0.05, 0) is 43.3 Å². The molecule has 0 fully saturated rings. The molecule has 0 bridgehead atoms. The highest BCUT2D eigenvalue weighted by Crippen LogP contribution is 2.29. The van der Waals surface area contributed by atoms with Gasteiger partial charge in [-0.25, -0.2) is 9.78 Å². The standard InChI is InChI=1S/C16H13Cl2NO4/c1-10(2-7-15(20)21)22-12-3-5-13(6-4-12)23-16-14(18)8-11(17)9-19-16/h2-10H,1H3,(H,20,21)/b7-2+. The minimum atomic E-state index is -1.02. The van der Waals surface area contributed by atoms with Crippen LogP contribution >= 0.6 is 23.2 Å². The van der Waals surface area contributed by atoms with Crippen molar-refractivity contribution < 1.29 is 19.4 Å². The van der Waals surface area contributed by atoms with Gasteiger partial charge in [-0.1, -0.05) is 23.2 Å². The Bertz CT molecular complexity index is 717. The number of rotatable bonds is 6. The molecule has 0 aliphatic heterocycles. The molecule has 0 saturated heterocycles. The molecule has 1 unspecified atom stereocenters. The van der Waals surface area contributed by atoms with Crippen molar-refractivity contribution in [1.82, 2.24) is 4.98 Å². The highest BCUT2D eigenvalue weighted by atomic mass is 35.5. The summed E-state index contributed by atoms with van der Waals surface area (Å²) in [5.41, 5.74) is 0. The molecule has 1 heterocycles. The lowest BCUT2D eigenvalue weighted by molar-refractivity contribution is -0.131. The fourth-order valence-corrected chi connectivity index (χ4v) is 2.07. The lowest BCUT2D eigenvalue weighted by atomic mass is 10.3.